The Morgan fingerprint density at radius 1 is 1.15 bits per heavy atom. The van der Waals surface area contributed by atoms with Gasteiger partial charge in [-0.25, -0.2) is 0 Å². The van der Waals surface area contributed by atoms with E-state index in [9.17, 15) is 10.1 Å². The second-order valence-corrected chi connectivity index (χ2v) is 6.46. The molecule has 0 saturated carbocycles. The molecule has 0 spiro atoms. The molecule has 1 amide bonds. The van der Waals surface area contributed by atoms with Crippen molar-refractivity contribution in [2.24, 2.45) is 0 Å². The summed E-state index contributed by atoms with van der Waals surface area (Å²) in [4.78, 5) is 12.5. The van der Waals surface area contributed by atoms with Crippen molar-refractivity contribution >= 4 is 17.7 Å². The number of nitriles is 1. The van der Waals surface area contributed by atoms with Crippen LogP contribution in [-0.2, 0) is 4.79 Å². The van der Waals surface area contributed by atoms with Gasteiger partial charge in [0.05, 0.1) is 14.2 Å². The molecule has 0 heterocycles. The third-order valence-corrected chi connectivity index (χ3v) is 4.25. The van der Waals surface area contributed by atoms with Crippen molar-refractivity contribution in [3.05, 3.63) is 58.7 Å². The molecule has 140 valence electrons. The van der Waals surface area contributed by atoms with Gasteiger partial charge in [0.15, 0.2) is 0 Å². The second kappa shape index (κ2) is 8.91. The molecule has 0 aromatic heterocycles. The quantitative estimate of drug-likeness (QED) is 0.597. The number of ether oxygens (including phenoxy) is 2. The Balaban J connectivity index is 2.32. The molecule has 0 fully saturated rings. The van der Waals surface area contributed by atoms with Crippen molar-refractivity contribution in [3.8, 4) is 17.6 Å². The predicted molar refractivity (Wildman–Crippen MR) is 107 cm³/mol. The van der Waals surface area contributed by atoms with E-state index in [2.05, 4.69) is 19.2 Å². The van der Waals surface area contributed by atoms with Crippen LogP contribution in [0, 0.1) is 18.3 Å². The Labute approximate surface area is 160 Å². The molecular weight excluding hydrogens is 340 g/mol. The Morgan fingerprint density at radius 2 is 1.81 bits per heavy atom. The number of benzene rings is 2. The van der Waals surface area contributed by atoms with E-state index in [-0.39, 0.29) is 11.5 Å². The third kappa shape index (κ3) is 4.89. The fraction of sp³-hybridized carbons (Fsp3) is 0.273. The standard InChI is InChI=1S/C22H24N2O3/c1-14(2)20-12-16(15(3)10-21(20)27-5)11-17(13-23)22(25)24-18-6-8-19(26-4)9-7-18/h6-12,14H,1-5H3,(H,24,25). The van der Waals surface area contributed by atoms with Gasteiger partial charge >= 0.3 is 0 Å². The second-order valence-electron chi connectivity index (χ2n) is 6.46. The first-order chi connectivity index (χ1) is 12.9. The van der Waals surface area contributed by atoms with Crippen LogP contribution >= 0.6 is 0 Å². The van der Waals surface area contributed by atoms with Crippen LogP contribution in [0.4, 0.5) is 5.69 Å². The van der Waals surface area contributed by atoms with E-state index in [1.54, 1.807) is 44.6 Å². The normalized spacial score (nSPS) is 11.1. The van der Waals surface area contributed by atoms with Gasteiger partial charge in [-0.1, -0.05) is 13.8 Å². The molecule has 2 rings (SSSR count). The van der Waals surface area contributed by atoms with Gasteiger partial charge in [-0.3, -0.25) is 4.79 Å². The third-order valence-electron chi connectivity index (χ3n) is 4.25. The minimum atomic E-state index is -0.455. The molecule has 2 aromatic carbocycles. The summed E-state index contributed by atoms with van der Waals surface area (Å²) in [5.74, 6) is 1.30. The van der Waals surface area contributed by atoms with Gasteiger partial charge in [-0.05, 0) is 72.0 Å². The summed E-state index contributed by atoms with van der Waals surface area (Å²) in [6.07, 6.45) is 1.61. The molecule has 1 N–H and O–H groups in total. The van der Waals surface area contributed by atoms with Crippen LogP contribution in [0.3, 0.4) is 0 Å². The molecule has 0 saturated heterocycles. The van der Waals surface area contributed by atoms with E-state index in [0.717, 1.165) is 22.4 Å². The highest BCUT2D eigenvalue weighted by molar-refractivity contribution is 6.09. The molecule has 0 unspecified atom stereocenters. The molecule has 2 aromatic rings. The van der Waals surface area contributed by atoms with Crippen molar-refractivity contribution in [1.82, 2.24) is 0 Å². The highest BCUT2D eigenvalue weighted by Crippen LogP contribution is 2.30. The number of hydrogen-bond acceptors (Lipinski definition) is 4. The van der Waals surface area contributed by atoms with E-state index in [1.807, 2.05) is 25.1 Å². The lowest BCUT2D eigenvalue weighted by Crippen LogP contribution is -2.13. The largest absolute Gasteiger partial charge is 0.497 e. The monoisotopic (exact) mass is 364 g/mol. The molecule has 27 heavy (non-hydrogen) atoms. The SMILES string of the molecule is COc1ccc(NC(=O)C(C#N)=Cc2cc(C(C)C)c(OC)cc2C)cc1. The van der Waals surface area contributed by atoms with E-state index < -0.39 is 5.91 Å². The minimum absolute atomic E-state index is 0.0359. The van der Waals surface area contributed by atoms with Crippen molar-refractivity contribution in [2.45, 2.75) is 26.7 Å². The first-order valence-electron chi connectivity index (χ1n) is 8.65. The molecule has 0 aliphatic carbocycles. The Morgan fingerprint density at radius 3 is 2.33 bits per heavy atom. The fourth-order valence-electron chi connectivity index (χ4n) is 2.68. The van der Waals surface area contributed by atoms with Gasteiger partial charge in [0.1, 0.15) is 23.1 Å². The van der Waals surface area contributed by atoms with E-state index in [0.29, 0.717) is 11.4 Å². The summed E-state index contributed by atoms with van der Waals surface area (Å²) in [7, 11) is 3.21. The smallest absolute Gasteiger partial charge is 0.266 e. The number of methoxy groups -OCH3 is 2. The van der Waals surface area contributed by atoms with Crippen molar-refractivity contribution < 1.29 is 14.3 Å². The zero-order chi connectivity index (χ0) is 20.0. The van der Waals surface area contributed by atoms with Crippen LogP contribution in [0.25, 0.3) is 6.08 Å². The number of aryl methyl sites for hydroxylation is 1. The number of nitrogens with one attached hydrogen (secondary N) is 1. The number of carbonyl (C=O) groups is 1. The van der Waals surface area contributed by atoms with Gasteiger partial charge < -0.3 is 14.8 Å². The minimum Gasteiger partial charge on any atom is -0.497 e. The number of anilines is 1. The molecular formula is C22H24N2O3. The average Bonchev–Trinajstić information content (AvgIpc) is 2.66. The summed E-state index contributed by atoms with van der Waals surface area (Å²) >= 11 is 0. The predicted octanol–water partition coefficient (Wildman–Crippen LogP) is 4.68. The topological polar surface area (TPSA) is 71.3 Å². The lowest BCUT2D eigenvalue weighted by atomic mass is 9.95. The van der Waals surface area contributed by atoms with Gasteiger partial charge in [0, 0.05) is 5.69 Å². The lowest BCUT2D eigenvalue weighted by molar-refractivity contribution is -0.112. The summed E-state index contributed by atoms with van der Waals surface area (Å²) in [6.45, 7) is 6.07. The first kappa shape index (κ1) is 20.1. The summed E-state index contributed by atoms with van der Waals surface area (Å²) in [5.41, 5.74) is 3.41. The van der Waals surface area contributed by atoms with Crippen LogP contribution in [0.15, 0.2) is 42.0 Å². The molecule has 0 aliphatic heterocycles. The van der Waals surface area contributed by atoms with Gasteiger partial charge in [-0.15, -0.1) is 0 Å². The number of nitrogens with zero attached hydrogens (tertiary/aromatic N) is 1. The number of carbonyl (C=O) groups excluding carboxylic acids is 1. The average molecular weight is 364 g/mol. The highest BCUT2D eigenvalue weighted by Gasteiger charge is 2.14. The van der Waals surface area contributed by atoms with Crippen LogP contribution in [0.2, 0.25) is 0 Å². The van der Waals surface area contributed by atoms with Crippen molar-refractivity contribution in [2.75, 3.05) is 19.5 Å². The van der Waals surface area contributed by atoms with Gasteiger partial charge in [-0.2, -0.15) is 5.26 Å². The maximum absolute atomic E-state index is 12.5. The van der Waals surface area contributed by atoms with Crippen LogP contribution < -0.4 is 14.8 Å². The number of rotatable bonds is 6. The Hall–Kier alpha value is -3.26. The zero-order valence-electron chi connectivity index (χ0n) is 16.3. The number of hydrogen-bond donors (Lipinski definition) is 1. The molecule has 5 nitrogen and oxygen atoms in total. The van der Waals surface area contributed by atoms with Crippen molar-refractivity contribution in [1.29, 1.82) is 5.26 Å². The van der Waals surface area contributed by atoms with Crippen LogP contribution in [0.5, 0.6) is 11.5 Å². The van der Waals surface area contributed by atoms with Crippen LogP contribution in [0.1, 0.15) is 36.5 Å². The zero-order valence-corrected chi connectivity index (χ0v) is 16.3. The molecule has 0 radical (unpaired) electrons. The lowest BCUT2D eigenvalue weighted by Gasteiger charge is -2.15. The Kier molecular flexibility index (Phi) is 6.62. The highest BCUT2D eigenvalue weighted by atomic mass is 16.5. The fourth-order valence-corrected chi connectivity index (χ4v) is 2.68. The maximum Gasteiger partial charge on any atom is 0.266 e. The van der Waals surface area contributed by atoms with Crippen LogP contribution in [-0.4, -0.2) is 20.1 Å². The van der Waals surface area contributed by atoms with E-state index >= 15 is 0 Å². The maximum atomic E-state index is 12.5. The van der Waals surface area contributed by atoms with Gasteiger partial charge in [0.25, 0.3) is 5.91 Å². The van der Waals surface area contributed by atoms with E-state index in [1.165, 1.54) is 0 Å². The van der Waals surface area contributed by atoms with Crippen molar-refractivity contribution in [3.63, 3.8) is 0 Å². The molecule has 5 heteroatoms. The van der Waals surface area contributed by atoms with E-state index in [4.69, 9.17) is 9.47 Å². The summed E-state index contributed by atoms with van der Waals surface area (Å²) in [6, 6.07) is 12.8. The summed E-state index contributed by atoms with van der Waals surface area (Å²) in [5, 5.41) is 12.2. The molecule has 0 bridgehead atoms. The Bertz CT molecular complexity index is 891. The first-order valence-corrected chi connectivity index (χ1v) is 8.65. The summed E-state index contributed by atoms with van der Waals surface area (Å²) < 4.78 is 10.5. The molecule has 0 atom stereocenters. The van der Waals surface area contributed by atoms with Gasteiger partial charge in [0.2, 0.25) is 0 Å². The number of amides is 1. The molecule has 0 aliphatic rings.